The Hall–Kier alpha value is -3.74. The number of aryl methyl sites for hydroxylation is 1. The number of aliphatic hydroxyl groups excluding tert-OH is 1. The number of carbonyl (C=O) groups is 1. The molecule has 4 rings (SSSR count). The first-order chi connectivity index (χ1) is 14.6. The van der Waals surface area contributed by atoms with Gasteiger partial charge in [-0.1, -0.05) is 24.3 Å². The highest BCUT2D eigenvalue weighted by molar-refractivity contribution is 6.05. The molecule has 1 atom stereocenters. The van der Waals surface area contributed by atoms with Crippen molar-refractivity contribution in [2.24, 2.45) is 0 Å². The molecule has 0 aliphatic carbocycles. The van der Waals surface area contributed by atoms with Gasteiger partial charge in [0.1, 0.15) is 11.5 Å². The van der Waals surface area contributed by atoms with Crippen molar-refractivity contribution >= 4 is 11.5 Å². The first-order valence-corrected chi connectivity index (χ1v) is 9.71. The van der Waals surface area contributed by atoms with E-state index in [1.165, 1.54) is 0 Å². The zero-order chi connectivity index (χ0) is 21.1. The van der Waals surface area contributed by atoms with E-state index in [1.807, 2.05) is 35.0 Å². The summed E-state index contributed by atoms with van der Waals surface area (Å²) in [6, 6.07) is 13.6. The molecular weight excluding hydrogens is 382 g/mol. The highest BCUT2D eigenvalue weighted by Gasteiger charge is 2.40. The maximum absolute atomic E-state index is 13.0. The third kappa shape index (κ3) is 3.74. The van der Waals surface area contributed by atoms with Crippen LogP contribution in [0.25, 0.3) is 5.57 Å². The fourth-order valence-electron chi connectivity index (χ4n) is 3.80. The number of methoxy groups -OCH3 is 1. The highest BCUT2D eigenvalue weighted by atomic mass is 16.5. The van der Waals surface area contributed by atoms with Crippen molar-refractivity contribution in [2.45, 2.75) is 19.0 Å². The van der Waals surface area contributed by atoms with Crippen LogP contribution in [-0.4, -0.2) is 44.2 Å². The molecule has 2 N–H and O–H groups in total. The highest BCUT2D eigenvalue weighted by Crippen LogP contribution is 2.43. The second-order valence-electron chi connectivity index (χ2n) is 7.14. The molecule has 7 nitrogen and oxygen atoms in total. The average molecular weight is 405 g/mol. The van der Waals surface area contributed by atoms with E-state index >= 15 is 0 Å². The first kappa shape index (κ1) is 19.6. The number of carbonyl (C=O) groups excluding carboxylic acids is 1. The molecule has 1 aromatic heterocycles. The van der Waals surface area contributed by atoms with Crippen LogP contribution >= 0.6 is 0 Å². The summed E-state index contributed by atoms with van der Waals surface area (Å²) < 4.78 is 7.21. The van der Waals surface area contributed by atoms with E-state index < -0.39 is 11.9 Å². The molecule has 0 saturated heterocycles. The SMILES string of the molecule is COc1ccc(C2C(c3ccc(O)cc3)=C(O)C(=O)N2CCCn2ccnc2)cc1. The van der Waals surface area contributed by atoms with Crippen LogP contribution < -0.4 is 4.74 Å². The lowest BCUT2D eigenvalue weighted by atomic mass is 9.93. The lowest BCUT2D eigenvalue weighted by molar-refractivity contribution is -0.129. The number of hydrogen-bond acceptors (Lipinski definition) is 5. The lowest BCUT2D eigenvalue weighted by Crippen LogP contribution is -2.31. The molecule has 0 bridgehead atoms. The number of aliphatic hydroxyl groups is 1. The van der Waals surface area contributed by atoms with E-state index in [0.717, 1.165) is 5.56 Å². The van der Waals surface area contributed by atoms with Crippen molar-refractivity contribution < 1.29 is 19.7 Å². The molecule has 0 radical (unpaired) electrons. The van der Waals surface area contributed by atoms with Crippen molar-refractivity contribution in [3.63, 3.8) is 0 Å². The minimum absolute atomic E-state index is 0.126. The van der Waals surface area contributed by atoms with Crippen LogP contribution in [0.3, 0.4) is 0 Å². The maximum Gasteiger partial charge on any atom is 0.289 e. The Bertz CT molecular complexity index is 1040. The van der Waals surface area contributed by atoms with Gasteiger partial charge in [0, 0.05) is 31.1 Å². The molecule has 30 heavy (non-hydrogen) atoms. The number of phenols is 1. The van der Waals surface area contributed by atoms with Gasteiger partial charge in [0.15, 0.2) is 5.76 Å². The number of imidazole rings is 1. The zero-order valence-electron chi connectivity index (χ0n) is 16.6. The van der Waals surface area contributed by atoms with Gasteiger partial charge in [-0.15, -0.1) is 0 Å². The minimum Gasteiger partial charge on any atom is -0.508 e. The normalized spacial score (nSPS) is 16.4. The van der Waals surface area contributed by atoms with Crippen LogP contribution in [0, 0.1) is 0 Å². The number of aromatic nitrogens is 2. The maximum atomic E-state index is 13.0. The zero-order valence-corrected chi connectivity index (χ0v) is 16.6. The van der Waals surface area contributed by atoms with E-state index in [9.17, 15) is 15.0 Å². The molecule has 2 aromatic carbocycles. The van der Waals surface area contributed by atoms with Crippen molar-refractivity contribution in [3.05, 3.63) is 84.1 Å². The van der Waals surface area contributed by atoms with Crippen molar-refractivity contribution in [3.8, 4) is 11.5 Å². The summed E-state index contributed by atoms with van der Waals surface area (Å²) in [5.41, 5.74) is 2.10. The summed E-state index contributed by atoms with van der Waals surface area (Å²) >= 11 is 0. The Morgan fingerprint density at radius 2 is 1.77 bits per heavy atom. The molecule has 1 aliphatic heterocycles. The fourth-order valence-corrected chi connectivity index (χ4v) is 3.80. The Morgan fingerprint density at radius 1 is 1.03 bits per heavy atom. The number of ether oxygens (including phenoxy) is 1. The predicted molar refractivity (Wildman–Crippen MR) is 112 cm³/mol. The van der Waals surface area contributed by atoms with Crippen LogP contribution in [0.1, 0.15) is 23.6 Å². The molecule has 0 fully saturated rings. The Balaban J connectivity index is 1.67. The fraction of sp³-hybridized carbons (Fsp3) is 0.217. The second-order valence-corrected chi connectivity index (χ2v) is 7.14. The van der Waals surface area contributed by atoms with Gasteiger partial charge in [-0.25, -0.2) is 4.98 Å². The van der Waals surface area contributed by atoms with Crippen LogP contribution in [0.2, 0.25) is 0 Å². The number of hydrogen-bond donors (Lipinski definition) is 2. The Morgan fingerprint density at radius 3 is 2.40 bits per heavy atom. The largest absolute Gasteiger partial charge is 0.508 e. The van der Waals surface area contributed by atoms with Crippen LogP contribution in [0.4, 0.5) is 0 Å². The number of phenolic OH excluding ortho intramolecular Hbond substituents is 1. The third-order valence-electron chi connectivity index (χ3n) is 5.29. The van der Waals surface area contributed by atoms with Gasteiger partial charge in [-0.2, -0.15) is 0 Å². The van der Waals surface area contributed by atoms with Gasteiger partial charge in [0.2, 0.25) is 0 Å². The lowest BCUT2D eigenvalue weighted by Gasteiger charge is -2.27. The minimum atomic E-state index is -0.435. The number of benzene rings is 2. The standard InChI is InChI=1S/C23H23N3O4/c1-30-19-9-5-17(6-10-19)21-20(16-3-7-18(27)8-4-16)22(28)23(29)26(21)13-2-12-25-14-11-24-15-25/h3-11,14-15,21,27-28H,2,12-13H2,1H3. The van der Waals surface area contributed by atoms with Crippen LogP contribution in [0.15, 0.2) is 73.0 Å². The first-order valence-electron chi connectivity index (χ1n) is 9.71. The molecule has 1 unspecified atom stereocenters. The summed E-state index contributed by atoms with van der Waals surface area (Å²) in [6.45, 7) is 1.19. The van der Waals surface area contributed by atoms with Gasteiger partial charge in [-0.05, 0) is 41.8 Å². The van der Waals surface area contributed by atoms with Crippen molar-refractivity contribution in [1.82, 2.24) is 14.5 Å². The molecule has 7 heteroatoms. The van der Waals surface area contributed by atoms with E-state index in [-0.39, 0.29) is 11.5 Å². The molecule has 1 aliphatic rings. The molecule has 0 saturated carbocycles. The van der Waals surface area contributed by atoms with E-state index in [1.54, 1.807) is 48.8 Å². The number of nitrogens with zero attached hydrogens (tertiary/aromatic N) is 3. The molecular formula is C23H23N3O4. The van der Waals surface area contributed by atoms with Crippen LogP contribution in [-0.2, 0) is 11.3 Å². The summed E-state index contributed by atoms with van der Waals surface area (Å²) in [5, 5.41) is 20.4. The molecule has 1 amide bonds. The van der Waals surface area contributed by atoms with Gasteiger partial charge in [-0.3, -0.25) is 4.79 Å². The van der Waals surface area contributed by atoms with Gasteiger partial charge in [0.05, 0.1) is 19.5 Å². The molecule has 0 spiro atoms. The van der Waals surface area contributed by atoms with E-state index in [2.05, 4.69) is 4.98 Å². The monoisotopic (exact) mass is 405 g/mol. The number of aromatic hydroxyl groups is 1. The number of rotatable bonds is 7. The van der Waals surface area contributed by atoms with E-state index in [4.69, 9.17) is 4.74 Å². The Kier molecular flexibility index (Phi) is 5.43. The molecule has 154 valence electrons. The van der Waals surface area contributed by atoms with Crippen LogP contribution in [0.5, 0.6) is 11.5 Å². The molecule has 3 aromatic rings. The van der Waals surface area contributed by atoms with E-state index in [0.29, 0.717) is 36.4 Å². The quantitative estimate of drug-likeness (QED) is 0.628. The van der Waals surface area contributed by atoms with Gasteiger partial charge in [0.25, 0.3) is 5.91 Å². The summed E-state index contributed by atoms with van der Waals surface area (Å²) in [7, 11) is 1.60. The topological polar surface area (TPSA) is 87.8 Å². The predicted octanol–water partition coefficient (Wildman–Crippen LogP) is 3.54. The van der Waals surface area contributed by atoms with Crippen molar-refractivity contribution in [2.75, 3.05) is 13.7 Å². The van der Waals surface area contributed by atoms with Gasteiger partial charge >= 0.3 is 0 Å². The number of amides is 1. The summed E-state index contributed by atoms with van der Waals surface area (Å²) in [6.07, 6.45) is 6.05. The second kappa shape index (κ2) is 8.32. The van der Waals surface area contributed by atoms with Gasteiger partial charge < -0.3 is 24.4 Å². The summed E-state index contributed by atoms with van der Waals surface area (Å²) in [4.78, 5) is 18.7. The van der Waals surface area contributed by atoms with Crippen molar-refractivity contribution in [1.29, 1.82) is 0 Å². The average Bonchev–Trinajstić information content (AvgIpc) is 3.37. The third-order valence-corrected chi connectivity index (χ3v) is 5.29. The smallest absolute Gasteiger partial charge is 0.289 e. The molecule has 2 heterocycles. The Labute approximate surface area is 174 Å². The summed E-state index contributed by atoms with van der Waals surface area (Å²) in [5.74, 6) is 0.184.